The molecule has 0 aliphatic carbocycles. The lowest BCUT2D eigenvalue weighted by atomic mass is 10.0. The van der Waals surface area contributed by atoms with Crippen molar-refractivity contribution in [1.82, 2.24) is 0 Å². The molecule has 0 heteroatoms. The molecular weight excluding hydrogens is 144 g/mol. The van der Waals surface area contributed by atoms with Crippen molar-refractivity contribution in [3.8, 4) is 0 Å². The second-order valence-corrected chi connectivity index (χ2v) is 3.24. The van der Waals surface area contributed by atoms with Crippen LogP contribution in [0.2, 0.25) is 0 Å². The zero-order valence-electron chi connectivity index (χ0n) is 7.96. The van der Waals surface area contributed by atoms with Crippen LogP contribution >= 0.6 is 0 Å². The maximum atomic E-state index is 2.20. The molecule has 0 amide bonds. The monoisotopic (exact) mass is 159 g/mol. The molecule has 1 aromatic carbocycles. The van der Waals surface area contributed by atoms with Gasteiger partial charge < -0.3 is 0 Å². The minimum Gasteiger partial charge on any atom is -0.0662 e. The van der Waals surface area contributed by atoms with Gasteiger partial charge in [-0.3, -0.25) is 0 Å². The summed E-state index contributed by atoms with van der Waals surface area (Å²) in [5.74, 6) is 1.37. The largest absolute Gasteiger partial charge is 0.0662 e. The highest BCUT2D eigenvalue weighted by molar-refractivity contribution is 5.55. The fourth-order valence-electron chi connectivity index (χ4n) is 0.944. The Kier molecular flexibility index (Phi) is 3.09. The van der Waals surface area contributed by atoms with Crippen LogP contribution in [-0.4, -0.2) is 0 Å². The van der Waals surface area contributed by atoms with Crippen LogP contribution in [0.25, 0.3) is 6.08 Å². The molecular formula is C12H15. The third-order valence-electron chi connectivity index (χ3n) is 1.97. The molecule has 0 aromatic heterocycles. The predicted octanol–water partition coefficient (Wildman–Crippen LogP) is 3.70. The summed E-state index contributed by atoms with van der Waals surface area (Å²) >= 11 is 0. The van der Waals surface area contributed by atoms with E-state index >= 15 is 0 Å². The Morgan fingerprint density at radius 2 is 1.58 bits per heavy atom. The van der Waals surface area contributed by atoms with Gasteiger partial charge in [0.1, 0.15) is 0 Å². The third kappa shape index (κ3) is 2.54. The maximum Gasteiger partial charge on any atom is -0.00558 e. The molecule has 0 N–H and O–H groups in total. The van der Waals surface area contributed by atoms with E-state index in [2.05, 4.69) is 51.1 Å². The van der Waals surface area contributed by atoms with Crippen molar-refractivity contribution >= 4 is 6.08 Å². The number of benzene rings is 1. The first-order valence-electron chi connectivity index (χ1n) is 4.24. The number of hydrogen-bond donors (Lipinski definition) is 0. The van der Waals surface area contributed by atoms with Gasteiger partial charge in [0.2, 0.25) is 0 Å². The molecule has 63 valence electrons. The Hall–Kier alpha value is -1.04. The van der Waals surface area contributed by atoms with Crippen LogP contribution in [0.4, 0.5) is 0 Å². The molecule has 0 unspecified atom stereocenters. The van der Waals surface area contributed by atoms with E-state index < -0.39 is 0 Å². The van der Waals surface area contributed by atoms with E-state index in [0.29, 0.717) is 0 Å². The maximum absolute atomic E-state index is 2.20. The minimum atomic E-state index is 1.27. The van der Waals surface area contributed by atoms with Crippen molar-refractivity contribution in [3.05, 3.63) is 47.4 Å². The lowest BCUT2D eigenvalue weighted by molar-refractivity contribution is 1.12. The van der Waals surface area contributed by atoms with Crippen molar-refractivity contribution in [2.75, 3.05) is 0 Å². The van der Waals surface area contributed by atoms with Gasteiger partial charge in [0.25, 0.3) is 0 Å². The van der Waals surface area contributed by atoms with Gasteiger partial charge in [-0.1, -0.05) is 55.8 Å². The van der Waals surface area contributed by atoms with E-state index in [1.54, 1.807) is 0 Å². The van der Waals surface area contributed by atoms with Crippen molar-refractivity contribution in [2.45, 2.75) is 20.8 Å². The van der Waals surface area contributed by atoms with Gasteiger partial charge in [-0.15, -0.1) is 0 Å². The Morgan fingerprint density at radius 3 is 2.08 bits per heavy atom. The van der Waals surface area contributed by atoms with Crippen molar-refractivity contribution in [1.29, 1.82) is 0 Å². The van der Waals surface area contributed by atoms with Crippen LogP contribution in [0.5, 0.6) is 0 Å². The van der Waals surface area contributed by atoms with Crippen LogP contribution in [0.15, 0.2) is 35.9 Å². The first-order chi connectivity index (χ1) is 5.70. The van der Waals surface area contributed by atoms with Gasteiger partial charge in [0, 0.05) is 0 Å². The molecule has 0 fully saturated rings. The zero-order valence-corrected chi connectivity index (χ0v) is 7.96. The summed E-state index contributed by atoms with van der Waals surface area (Å²) in [5, 5.41) is 0. The van der Waals surface area contributed by atoms with E-state index in [0.717, 1.165) is 0 Å². The Labute approximate surface area is 74.9 Å². The average Bonchev–Trinajstić information content (AvgIpc) is 2.06. The highest BCUT2D eigenvalue weighted by Crippen LogP contribution is 2.14. The van der Waals surface area contributed by atoms with E-state index in [-0.39, 0.29) is 0 Å². The molecule has 0 spiro atoms. The zero-order chi connectivity index (χ0) is 8.97. The highest BCUT2D eigenvalue weighted by atomic mass is 14.0. The van der Waals surface area contributed by atoms with Gasteiger partial charge in [-0.25, -0.2) is 0 Å². The van der Waals surface area contributed by atoms with Crippen molar-refractivity contribution < 1.29 is 0 Å². The first-order valence-corrected chi connectivity index (χ1v) is 4.24. The van der Waals surface area contributed by atoms with Gasteiger partial charge in [0.15, 0.2) is 0 Å². The van der Waals surface area contributed by atoms with E-state index in [9.17, 15) is 0 Å². The summed E-state index contributed by atoms with van der Waals surface area (Å²) in [7, 11) is 0. The summed E-state index contributed by atoms with van der Waals surface area (Å²) in [6.45, 7) is 6.41. The van der Waals surface area contributed by atoms with Gasteiger partial charge >= 0.3 is 0 Å². The summed E-state index contributed by atoms with van der Waals surface area (Å²) < 4.78 is 0. The summed E-state index contributed by atoms with van der Waals surface area (Å²) in [5.41, 5.74) is 2.62. The molecule has 0 nitrogen and oxygen atoms in total. The average molecular weight is 159 g/mol. The molecule has 12 heavy (non-hydrogen) atoms. The smallest absolute Gasteiger partial charge is 0.00558 e. The molecule has 0 aliphatic heterocycles. The SMILES string of the molecule is C[C](C)/C(C)=C/c1ccccc1. The second-order valence-electron chi connectivity index (χ2n) is 3.24. The molecule has 0 saturated carbocycles. The van der Waals surface area contributed by atoms with Crippen LogP contribution in [0.3, 0.4) is 0 Å². The van der Waals surface area contributed by atoms with E-state index in [4.69, 9.17) is 0 Å². The lowest BCUT2D eigenvalue weighted by Crippen LogP contribution is -1.85. The van der Waals surface area contributed by atoms with Crippen LogP contribution in [-0.2, 0) is 0 Å². The van der Waals surface area contributed by atoms with Crippen LogP contribution < -0.4 is 0 Å². The summed E-state index contributed by atoms with van der Waals surface area (Å²) in [4.78, 5) is 0. The van der Waals surface area contributed by atoms with Crippen molar-refractivity contribution in [2.24, 2.45) is 0 Å². The molecule has 1 radical (unpaired) electrons. The Balaban J connectivity index is 2.81. The second kappa shape index (κ2) is 4.10. The molecule has 0 bridgehead atoms. The van der Waals surface area contributed by atoms with Crippen molar-refractivity contribution in [3.63, 3.8) is 0 Å². The standard InChI is InChI=1S/C12H15/c1-10(2)11(3)9-12-7-5-4-6-8-12/h4-9H,1-3H3/b11-9+. The normalized spacial score (nSPS) is 12.2. The number of allylic oxidation sites excluding steroid dienone is 1. The van der Waals surface area contributed by atoms with Gasteiger partial charge in [-0.05, 0) is 18.4 Å². The van der Waals surface area contributed by atoms with Crippen LogP contribution in [0, 0.1) is 5.92 Å². The molecule has 0 atom stereocenters. The third-order valence-corrected chi connectivity index (χ3v) is 1.97. The van der Waals surface area contributed by atoms with Gasteiger partial charge in [0.05, 0.1) is 0 Å². The molecule has 0 saturated heterocycles. The fraction of sp³-hybridized carbons (Fsp3) is 0.250. The van der Waals surface area contributed by atoms with E-state index in [1.807, 2.05) is 6.07 Å². The summed E-state index contributed by atoms with van der Waals surface area (Å²) in [6.07, 6.45) is 2.20. The minimum absolute atomic E-state index is 1.27. The predicted molar refractivity (Wildman–Crippen MR) is 54.7 cm³/mol. The van der Waals surface area contributed by atoms with Gasteiger partial charge in [-0.2, -0.15) is 0 Å². The van der Waals surface area contributed by atoms with Crippen LogP contribution in [0.1, 0.15) is 26.3 Å². The molecule has 1 rings (SSSR count). The lowest BCUT2D eigenvalue weighted by Gasteiger charge is -2.03. The summed E-state index contributed by atoms with van der Waals surface area (Å²) in [6, 6.07) is 10.4. The quantitative estimate of drug-likeness (QED) is 0.617. The van der Waals surface area contributed by atoms with E-state index in [1.165, 1.54) is 17.1 Å². The topological polar surface area (TPSA) is 0 Å². The fourth-order valence-corrected chi connectivity index (χ4v) is 0.944. The molecule has 0 heterocycles. The Morgan fingerprint density at radius 1 is 1.00 bits per heavy atom. The Bertz CT molecular complexity index is 255. The molecule has 1 aromatic rings. The number of rotatable bonds is 2. The first kappa shape index (κ1) is 9.05. The molecule has 0 aliphatic rings. The number of hydrogen-bond acceptors (Lipinski definition) is 0. The highest BCUT2D eigenvalue weighted by Gasteiger charge is 1.95.